The molecule has 0 radical (unpaired) electrons. The maximum atomic E-state index is 11.5. The van der Waals surface area contributed by atoms with Gasteiger partial charge in [-0.2, -0.15) is 0 Å². The molecule has 0 fully saturated rings. The molecule has 24 heavy (non-hydrogen) atoms. The molecule has 0 aromatic rings. The highest BCUT2D eigenvalue weighted by atomic mass is 31.2. The average Bonchev–Trinajstić information content (AvgIpc) is 2.57. The fourth-order valence-corrected chi connectivity index (χ4v) is 3.19. The normalized spacial score (nSPS) is 15.3. The molecule has 0 saturated heterocycles. The third-order valence-electron chi connectivity index (χ3n) is 3.89. The van der Waals surface area contributed by atoms with Crippen molar-refractivity contribution in [2.75, 3.05) is 19.8 Å². The van der Waals surface area contributed by atoms with Crippen LogP contribution in [0.3, 0.4) is 0 Å². The van der Waals surface area contributed by atoms with Crippen molar-refractivity contribution in [1.82, 2.24) is 0 Å². The second-order valence-electron chi connectivity index (χ2n) is 6.32. The lowest BCUT2D eigenvalue weighted by Crippen LogP contribution is -2.18. The van der Waals surface area contributed by atoms with E-state index in [4.69, 9.17) is 14.7 Å². The van der Waals surface area contributed by atoms with E-state index in [9.17, 15) is 9.46 Å². The van der Waals surface area contributed by atoms with Crippen molar-refractivity contribution in [2.45, 2.75) is 90.1 Å². The van der Waals surface area contributed by atoms with Gasteiger partial charge in [-0.3, -0.25) is 9.05 Å². The largest absolute Gasteiger partial charge is 0.472 e. The lowest BCUT2D eigenvalue weighted by Gasteiger charge is -2.13. The van der Waals surface area contributed by atoms with Crippen LogP contribution in [0, 0.1) is 0 Å². The predicted octanol–water partition coefficient (Wildman–Crippen LogP) is 4.17. The molecule has 0 amide bonds. The predicted molar refractivity (Wildman–Crippen MR) is 95.9 cm³/mol. The van der Waals surface area contributed by atoms with E-state index in [1.807, 2.05) is 0 Å². The van der Waals surface area contributed by atoms with Gasteiger partial charge in [0.1, 0.15) is 6.10 Å². The van der Waals surface area contributed by atoms with Gasteiger partial charge in [-0.1, -0.05) is 77.6 Å². The van der Waals surface area contributed by atoms with Gasteiger partial charge < -0.3 is 15.1 Å². The van der Waals surface area contributed by atoms with Crippen LogP contribution in [-0.2, 0) is 13.6 Å². The Balaban J connectivity index is 3.31. The number of hydrogen-bond acceptors (Lipinski definition) is 5. The van der Waals surface area contributed by atoms with Gasteiger partial charge in [0.05, 0.1) is 19.8 Å². The fourth-order valence-electron chi connectivity index (χ4n) is 2.39. The van der Waals surface area contributed by atoms with E-state index >= 15 is 0 Å². The summed E-state index contributed by atoms with van der Waals surface area (Å²) in [5.41, 5.74) is 0. The smallest absolute Gasteiger partial charge is 0.394 e. The summed E-state index contributed by atoms with van der Waals surface area (Å²) in [6.45, 7) is 1.47. The first-order chi connectivity index (χ1) is 11.5. The Morgan fingerprint density at radius 3 is 1.75 bits per heavy atom. The van der Waals surface area contributed by atoms with Gasteiger partial charge in [0, 0.05) is 0 Å². The Bertz CT molecular complexity index is 313. The Hall–Kier alpha value is 0.0300. The fraction of sp³-hybridized carbons (Fsp3) is 1.00. The molecule has 0 aliphatic carbocycles. The number of phosphoric acid groups is 1. The maximum absolute atomic E-state index is 11.5. The zero-order chi connectivity index (χ0) is 18.1. The minimum Gasteiger partial charge on any atom is -0.394 e. The first-order valence-electron chi connectivity index (χ1n) is 9.42. The summed E-state index contributed by atoms with van der Waals surface area (Å²) in [5.74, 6) is 0. The molecular weight excluding hydrogens is 331 g/mol. The first-order valence-corrected chi connectivity index (χ1v) is 10.9. The van der Waals surface area contributed by atoms with E-state index in [-0.39, 0.29) is 6.61 Å². The Labute approximate surface area is 147 Å². The second-order valence-corrected chi connectivity index (χ2v) is 7.78. The zero-order valence-electron chi connectivity index (χ0n) is 15.2. The van der Waals surface area contributed by atoms with Crippen molar-refractivity contribution in [3.8, 4) is 0 Å². The first kappa shape index (κ1) is 24.0. The summed E-state index contributed by atoms with van der Waals surface area (Å²) >= 11 is 0. The van der Waals surface area contributed by atoms with Crippen molar-refractivity contribution in [3.63, 3.8) is 0 Å². The van der Waals surface area contributed by atoms with Crippen LogP contribution in [0.15, 0.2) is 0 Å². The van der Waals surface area contributed by atoms with Crippen LogP contribution in [0.1, 0.15) is 84.0 Å². The number of aliphatic hydroxyl groups is 2. The summed E-state index contributed by atoms with van der Waals surface area (Å²) in [6.07, 6.45) is 13.5. The molecule has 2 unspecified atom stereocenters. The lowest BCUT2D eigenvalue weighted by molar-refractivity contribution is 0.0361. The Morgan fingerprint density at radius 1 is 0.833 bits per heavy atom. The molecular formula is C17H37O6P. The van der Waals surface area contributed by atoms with Crippen LogP contribution < -0.4 is 0 Å². The van der Waals surface area contributed by atoms with Gasteiger partial charge in [0.15, 0.2) is 0 Å². The Kier molecular flexibility index (Phi) is 16.5. The van der Waals surface area contributed by atoms with Gasteiger partial charge in [0.25, 0.3) is 0 Å². The molecule has 2 atom stereocenters. The van der Waals surface area contributed by atoms with Crippen LogP contribution >= 0.6 is 7.82 Å². The van der Waals surface area contributed by atoms with E-state index in [1.54, 1.807) is 0 Å². The molecule has 0 saturated carbocycles. The van der Waals surface area contributed by atoms with Crippen molar-refractivity contribution >= 4 is 7.82 Å². The average molecular weight is 368 g/mol. The molecule has 146 valence electrons. The highest BCUT2D eigenvalue weighted by Gasteiger charge is 2.22. The molecule has 0 heterocycles. The third-order valence-corrected chi connectivity index (χ3v) is 4.88. The highest BCUT2D eigenvalue weighted by molar-refractivity contribution is 7.47. The molecule has 0 aliphatic heterocycles. The molecule has 0 aromatic carbocycles. The van der Waals surface area contributed by atoms with Gasteiger partial charge in [-0.15, -0.1) is 0 Å². The summed E-state index contributed by atoms with van der Waals surface area (Å²) in [5, 5.41) is 17.6. The van der Waals surface area contributed by atoms with Crippen LogP contribution in [-0.4, -0.2) is 41.0 Å². The number of aliphatic hydroxyl groups excluding tert-OH is 2. The lowest BCUT2D eigenvalue weighted by atomic mass is 10.1. The summed E-state index contributed by atoms with van der Waals surface area (Å²) in [4.78, 5) is 9.35. The van der Waals surface area contributed by atoms with E-state index in [0.717, 1.165) is 12.8 Å². The van der Waals surface area contributed by atoms with Crippen LogP contribution in [0.5, 0.6) is 0 Å². The summed E-state index contributed by atoms with van der Waals surface area (Å²) in [7, 11) is -4.11. The molecule has 7 heteroatoms. The zero-order valence-corrected chi connectivity index (χ0v) is 16.1. The van der Waals surface area contributed by atoms with E-state index in [2.05, 4.69) is 11.4 Å². The minimum absolute atomic E-state index is 0.167. The summed E-state index contributed by atoms with van der Waals surface area (Å²) in [6, 6.07) is 0. The molecule has 0 aromatic heterocycles. The van der Waals surface area contributed by atoms with E-state index < -0.39 is 27.1 Å². The molecule has 0 bridgehead atoms. The van der Waals surface area contributed by atoms with Crippen LogP contribution in [0.2, 0.25) is 0 Å². The topological polar surface area (TPSA) is 96.2 Å². The molecule has 0 rings (SSSR count). The molecule has 0 spiro atoms. The van der Waals surface area contributed by atoms with Crippen LogP contribution in [0.4, 0.5) is 0 Å². The number of phosphoric ester groups is 1. The number of hydrogen-bond donors (Lipinski definition) is 3. The van der Waals surface area contributed by atoms with Gasteiger partial charge in [-0.25, -0.2) is 4.57 Å². The van der Waals surface area contributed by atoms with Crippen LogP contribution in [0.25, 0.3) is 0 Å². The van der Waals surface area contributed by atoms with Crippen molar-refractivity contribution in [1.29, 1.82) is 0 Å². The van der Waals surface area contributed by atoms with Crippen molar-refractivity contribution in [2.24, 2.45) is 0 Å². The van der Waals surface area contributed by atoms with Gasteiger partial charge >= 0.3 is 7.82 Å². The SMILES string of the molecule is CCCCCCCCCCCCCCOP(=O)(O)OCC(O)CO. The van der Waals surface area contributed by atoms with Gasteiger partial charge in [0.2, 0.25) is 0 Å². The second kappa shape index (κ2) is 16.5. The standard InChI is InChI=1S/C17H37O6P/c1-2-3-4-5-6-7-8-9-10-11-12-13-14-22-24(20,21)23-16-17(19)15-18/h17-19H,2-16H2,1H3,(H,20,21). The maximum Gasteiger partial charge on any atom is 0.472 e. The van der Waals surface area contributed by atoms with Gasteiger partial charge in [-0.05, 0) is 6.42 Å². The third kappa shape index (κ3) is 16.9. The monoisotopic (exact) mass is 368 g/mol. The summed E-state index contributed by atoms with van der Waals surface area (Å²) < 4.78 is 20.8. The molecule has 6 nitrogen and oxygen atoms in total. The van der Waals surface area contributed by atoms with E-state index in [1.165, 1.54) is 57.8 Å². The minimum atomic E-state index is -4.11. The highest BCUT2D eigenvalue weighted by Crippen LogP contribution is 2.43. The van der Waals surface area contributed by atoms with Crippen molar-refractivity contribution in [3.05, 3.63) is 0 Å². The van der Waals surface area contributed by atoms with E-state index in [0.29, 0.717) is 6.42 Å². The number of rotatable bonds is 18. The number of unbranched alkanes of at least 4 members (excludes halogenated alkanes) is 11. The quantitative estimate of drug-likeness (QED) is 0.248. The Morgan fingerprint density at radius 2 is 1.29 bits per heavy atom. The van der Waals surface area contributed by atoms with Crippen molar-refractivity contribution < 1.29 is 28.7 Å². The molecule has 0 aliphatic rings. The molecule has 3 N–H and O–H groups in total.